The summed E-state index contributed by atoms with van der Waals surface area (Å²) in [5.41, 5.74) is -0.646. The van der Waals surface area contributed by atoms with Crippen molar-refractivity contribution in [3.05, 3.63) is 45.4 Å². The summed E-state index contributed by atoms with van der Waals surface area (Å²) in [5.74, 6) is -0.585. The zero-order chi connectivity index (χ0) is 18.0. The fourth-order valence-electron chi connectivity index (χ4n) is 2.55. The number of nitrogens with zero attached hydrogens (tertiary/aromatic N) is 1. The number of benzene rings is 1. The third-order valence-electron chi connectivity index (χ3n) is 4.19. The number of rotatable bonds is 6. The lowest BCUT2D eigenvalue weighted by Gasteiger charge is -2.25. The standard InChI is InChI=1S/C17H16F3NO3S/c18-17(19,20)12-4-5-14(24-8-10-2-1-3-10)11(6-12)7-15-21-13(9-25-15)16(22)23/h4-6,9-10H,1-3,7-8H2,(H,22,23)/p-1. The van der Waals surface area contributed by atoms with Crippen molar-refractivity contribution in [2.24, 2.45) is 5.92 Å². The Morgan fingerprint density at radius 2 is 2.12 bits per heavy atom. The Morgan fingerprint density at radius 1 is 1.36 bits per heavy atom. The van der Waals surface area contributed by atoms with Crippen LogP contribution in [0.15, 0.2) is 23.6 Å². The summed E-state index contributed by atoms with van der Waals surface area (Å²) in [7, 11) is 0. The molecule has 0 atom stereocenters. The average Bonchev–Trinajstić information content (AvgIpc) is 2.94. The molecule has 4 nitrogen and oxygen atoms in total. The van der Waals surface area contributed by atoms with Crippen LogP contribution in [0.3, 0.4) is 0 Å². The highest BCUT2D eigenvalue weighted by molar-refractivity contribution is 7.09. The van der Waals surface area contributed by atoms with Crippen LogP contribution in [0, 0.1) is 5.92 Å². The molecule has 0 radical (unpaired) electrons. The molecule has 2 aromatic rings. The summed E-state index contributed by atoms with van der Waals surface area (Å²) in [6.07, 6.45) is -1.10. The minimum Gasteiger partial charge on any atom is -0.543 e. The van der Waals surface area contributed by atoms with E-state index in [2.05, 4.69) is 4.98 Å². The first kappa shape index (κ1) is 17.7. The number of hydrogen-bond acceptors (Lipinski definition) is 5. The van der Waals surface area contributed by atoms with E-state index in [0.29, 0.717) is 28.8 Å². The minimum atomic E-state index is -4.46. The Bertz CT molecular complexity index is 769. The van der Waals surface area contributed by atoms with Crippen LogP contribution < -0.4 is 9.84 Å². The fraction of sp³-hybridized carbons (Fsp3) is 0.412. The number of carbonyl (C=O) groups excluding carboxylic acids is 1. The van der Waals surface area contributed by atoms with Crippen molar-refractivity contribution < 1.29 is 27.8 Å². The van der Waals surface area contributed by atoms with Gasteiger partial charge in [0.2, 0.25) is 0 Å². The molecule has 134 valence electrons. The number of hydrogen-bond donors (Lipinski definition) is 0. The van der Waals surface area contributed by atoms with Crippen molar-refractivity contribution in [3.63, 3.8) is 0 Å². The first-order chi connectivity index (χ1) is 11.8. The molecule has 25 heavy (non-hydrogen) atoms. The molecule has 1 aromatic heterocycles. The number of alkyl halides is 3. The molecular formula is C17H15F3NO3S-. The Balaban J connectivity index is 1.84. The van der Waals surface area contributed by atoms with Crippen LogP contribution in [-0.2, 0) is 12.6 Å². The maximum Gasteiger partial charge on any atom is 0.416 e. The highest BCUT2D eigenvalue weighted by atomic mass is 32.1. The zero-order valence-electron chi connectivity index (χ0n) is 13.1. The normalized spacial score (nSPS) is 15.0. The Labute approximate surface area is 146 Å². The number of ether oxygens (including phenoxy) is 1. The number of halogens is 3. The third kappa shape index (κ3) is 4.31. The molecule has 1 aliphatic carbocycles. The van der Waals surface area contributed by atoms with Crippen LogP contribution >= 0.6 is 11.3 Å². The van der Waals surface area contributed by atoms with E-state index >= 15 is 0 Å². The summed E-state index contributed by atoms with van der Waals surface area (Å²) in [6, 6.07) is 3.36. The molecule has 0 unspecified atom stereocenters. The molecule has 0 saturated heterocycles. The smallest absolute Gasteiger partial charge is 0.416 e. The Hall–Kier alpha value is -2.09. The van der Waals surface area contributed by atoms with E-state index in [-0.39, 0.29) is 12.1 Å². The van der Waals surface area contributed by atoms with Crippen molar-refractivity contribution in [2.45, 2.75) is 31.9 Å². The van der Waals surface area contributed by atoms with Gasteiger partial charge in [0.25, 0.3) is 0 Å². The molecule has 3 rings (SSSR count). The van der Waals surface area contributed by atoms with Gasteiger partial charge in [0.1, 0.15) is 5.75 Å². The van der Waals surface area contributed by atoms with E-state index < -0.39 is 17.7 Å². The lowest BCUT2D eigenvalue weighted by Crippen LogP contribution is -2.22. The maximum atomic E-state index is 13.0. The van der Waals surface area contributed by atoms with E-state index in [0.717, 1.165) is 42.7 Å². The van der Waals surface area contributed by atoms with Crippen molar-refractivity contribution in [2.75, 3.05) is 6.61 Å². The molecule has 1 heterocycles. The van der Waals surface area contributed by atoms with Gasteiger partial charge in [-0.2, -0.15) is 13.2 Å². The molecule has 0 aliphatic heterocycles. The van der Waals surface area contributed by atoms with E-state index in [4.69, 9.17) is 4.74 Å². The Kier molecular flexibility index (Phi) is 4.99. The predicted molar refractivity (Wildman–Crippen MR) is 83.5 cm³/mol. The van der Waals surface area contributed by atoms with Gasteiger partial charge < -0.3 is 14.6 Å². The van der Waals surface area contributed by atoms with Crippen molar-refractivity contribution in [3.8, 4) is 5.75 Å². The van der Waals surface area contributed by atoms with Gasteiger partial charge >= 0.3 is 6.18 Å². The number of thiazole rings is 1. The molecule has 0 bridgehead atoms. The zero-order valence-corrected chi connectivity index (χ0v) is 14.0. The van der Waals surface area contributed by atoms with E-state index in [9.17, 15) is 23.1 Å². The quantitative estimate of drug-likeness (QED) is 0.783. The average molecular weight is 370 g/mol. The minimum absolute atomic E-state index is 0.0713. The number of aromatic carboxylic acids is 1. The van der Waals surface area contributed by atoms with E-state index in [1.807, 2.05) is 0 Å². The van der Waals surface area contributed by atoms with Gasteiger partial charge in [-0.1, -0.05) is 6.42 Å². The second-order valence-corrected chi connectivity index (χ2v) is 6.96. The van der Waals surface area contributed by atoms with Crippen LogP contribution in [0.5, 0.6) is 5.75 Å². The summed E-state index contributed by atoms with van der Waals surface area (Å²) >= 11 is 1.07. The summed E-state index contributed by atoms with van der Waals surface area (Å²) in [5, 5.41) is 12.5. The SMILES string of the molecule is O=C([O-])c1csc(Cc2cc(C(F)(F)F)ccc2OCC2CCC2)n1. The summed E-state index contributed by atoms with van der Waals surface area (Å²) < 4.78 is 44.7. The molecule has 0 N–H and O–H groups in total. The highest BCUT2D eigenvalue weighted by Crippen LogP contribution is 2.35. The second-order valence-electron chi connectivity index (χ2n) is 6.02. The number of carboxylic acid groups (broad SMARTS) is 1. The van der Waals surface area contributed by atoms with Gasteiger partial charge in [-0.15, -0.1) is 11.3 Å². The van der Waals surface area contributed by atoms with Crippen LogP contribution in [0.4, 0.5) is 13.2 Å². The number of carbonyl (C=O) groups is 1. The first-order valence-corrected chi connectivity index (χ1v) is 8.69. The van der Waals surface area contributed by atoms with Crippen LogP contribution in [-0.4, -0.2) is 17.6 Å². The van der Waals surface area contributed by atoms with E-state index in [1.165, 1.54) is 11.4 Å². The molecule has 8 heteroatoms. The molecule has 0 amide bonds. The van der Waals surface area contributed by atoms with Crippen LogP contribution in [0.25, 0.3) is 0 Å². The second kappa shape index (κ2) is 7.03. The molecule has 1 aromatic carbocycles. The lowest BCUT2D eigenvalue weighted by molar-refractivity contribution is -0.255. The number of carboxylic acids is 1. The van der Waals surface area contributed by atoms with Crippen molar-refractivity contribution in [1.29, 1.82) is 0 Å². The lowest BCUT2D eigenvalue weighted by atomic mass is 9.86. The monoisotopic (exact) mass is 370 g/mol. The summed E-state index contributed by atoms with van der Waals surface area (Å²) in [6.45, 7) is 0.473. The Morgan fingerprint density at radius 3 is 2.68 bits per heavy atom. The topological polar surface area (TPSA) is 62.2 Å². The molecule has 0 spiro atoms. The number of aromatic nitrogens is 1. The van der Waals surface area contributed by atoms with Crippen LogP contribution in [0.2, 0.25) is 0 Å². The third-order valence-corrected chi connectivity index (χ3v) is 5.04. The predicted octanol–water partition coefficient (Wildman–Crippen LogP) is 3.30. The van der Waals surface area contributed by atoms with Gasteiger partial charge in [0.05, 0.1) is 28.8 Å². The van der Waals surface area contributed by atoms with Crippen molar-refractivity contribution in [1.82, 2.24) is 4.98 Å². The van der Waals surface area contributed by atoms with Gasteiger partial charge in [-0.05, 0) is 37.0 Å². The van der Waals surface area contributed by atoms with Crippen LogP contribution in [0.1, 0.15) is 45.9 Å². The van der Waals surface area contributed by atoms with Crippen molar-refractivity contribution >= 4 is 17.3 Å². The summed E-state index contributed by atoms with van der Waals surface area (Å²) in [4.78, 5) is 14.7. The molecular weight excluding hydrogens is 355 g/mol. The molecule has 1 saturated carbocycles. The van der Waals surface area contributed by atoms with Gasteiger partial charge in [-0.25, -0.2) is 4.98 Å². The fourth-order valence-corrected chi connectivity index (χ4v) is 3.34. The molecule has 1 aliphatic rings. The maximum absolute atomic E-state index is 13.0. The largest absolute Gasteiger partial charge is 0.543 e. The van der Waals surface area contributed by atoms with Gasteiger partial charge in [0, 0.05) is 17.4 Å². The van der Waals surface area contributed by atoms with E-state index in [1.54, 1.807) is 0 Å². The van der Waals surface area contributed by atoms with Gasteiger partial charge in [0.15, 0.2) is 0 Å². The first-order valence-electron chi connectivity index (χ1n) is 7.81. The highest BCUT2D eigenvalue weighted by Gasteiger charge is 2.31. The molecule has 1 fully saturated rings. The van der Waals surface area contributed by atoms with Gasteiger partial charge in [-0.3, -0.25) is 0 Å².